The van der Waals surface area contributed by atoms with Crippen molar-refractivity contribution >= 4 is 39.0 Å². The van der Waals surface area contributed by atoms with Crippen molar-refractivity contribution in [3.8, 4) is 5.75 Å². The molecular weight excluding hydrogens is 346 g/mol. The molecular formula is C17H12BrNO3. The zero-order valence-electron chi connectivity index (χ0n) is 11.5. The fraction of sp³-hybridized carbons (Fsp3) is 0.0588. The Morgan fingerprint density at radius 3 is 2.59 bits per heavy atom. The minimum absolute atomic E-state index is 0.0986. The number of ether oxygens (including phenoxy) is 1. The molecule has 22 heavy (non-hydrogen) atoms. The molecule has 5 heteroatoms. The van der Waals surface area contributed by atoms with Crippen LogP contribution in [0.25, 0.3) is 10.9 Å². The van der Waals surface area contributed by atoms with E-state index in [0.717, 1.165) is 16.1 Å². The number of fused-ring (bicyclic) bond motifs is 1. The van der Waals surface area contributed by atoms with Gasteiger partial charge in [-0.15, -0.1) is 0 Å². The Morgan fingerprint density at radius 2 is 1.86 bits per heavy atom. The molecule has 2 aromatic carbocycles. The zero-order valence-corrected chi connectivity index (χ0v) is 13.1. The van der Waals surface area contributed by atoms with Gasteiger partial charge in [-0.25, -0.2) is 0 Å². The quantitative estimate of drug-likeness (QED) is 0.664. The first-order chi connectivity index (χ1) is 10.7. The van der Waals surface area contributed by atoms with Gasteiger partial charge in [0.25, 0.3) is 5.91 Å². The zero-order chi connectivity index (χ0) is 15.5. The number of hydrogen-bond acceptors (Lipinski definition) is 3. The van der Waals surface area contributed by atoms with Crippen molar-refractivity contribution in [2.45, 2.75) is 0 Å². The van der Waals surface area contributed by atoms with Crippen LogP contribution in [0, 0.1) is 0 Å². The SMILES string of the molecule is O=Cc1cn(C(=O)COc2ccc(Br)cc2)c2ccccc12. The molecule has 0 atom stereocenters. The van der Waals surface area contributed by atoms with Crippen molar-refractivity contribution in [2.24, 2.45) is 0 Å². The van der Waals surface area contributed by atoms with Gasteiger partial charge in [0.15, 0.2) is 12.9 Å². The number of aldehydes is 1. The maximum absolute atomic E-state index is 12.3. The van der Waals surface area contributed by atoms with Crippen molar-refractivity contribution in [2.75, 3.05) is 6.61 Å². The van der Waals surface area contributed by atoms with E-state index < -0.39 is 0 Å². The van der Waals surface area contributed by atoms with Crippen LogP contribution in [0.1, 0.15) is 15.2 Å². The number of hydrogen-bond donors (Lipinski definition) is 0. The maximum Gasteiger partial charge on any atom is 0.269 e. The molecule has 0 aliphatic carbocycles. The van der Waals surface area contributed by atoms with E-state index in [1.54, 1.807) is 24.4 Å². The van der Waals surface area contributed by atoms with Crippen molar-refractivity contribution < 1.29 is 14.3 Å². The summed E-state index contributed by atoms with van der Waals surface area (Å²) in [6, 6.07) is 14.5. The summed E-state index contributed by atoms with van der Waals surface area (Å²) < 4.78 is 7.89. The molecule has 3 rings (SSSR count). The first-order valence-electron chi connectivity index (χ1n) is 6.66. The number of carbonyl (C=O) groups excluding carboxylic acids is 2. The fourth-order valence-corrected chi connectivity index (χ4v) is 2.52. The Balaban J connectivity index is 1.83. The van der Waals surface area contributed by atoms with Crippen LogP contribution in [0.5, 0.6) is 5.75 Å². The first kappa shape index (κ1) is 14.5. The Labute approximate surface area is 135 Å². The van der Waals surface area contributed by atoms with Gasteiger partial charge in [0.05, 0.1) is 5.52 Å². The summed E-state index contributed by atoms with van der Waals surface area (Å²) in [4.78, 5) is 23.4. The minimum atomic E-state index is -0.229. The second kappa shape index (κ2) is 6.15. The van der Waals surface area contributed by atoms with Crippen LogP contribution in [0.2, 0.25) is 0 Å². The lowest BCUT2D eigenvalue weighted by atomic mass is 10.2. The number of halogens is 1. The summed E-state index contributed by atoms with van der Waals surface area (Å²) in [6.07, 6.45) is 2.30. The van der Waals surface area contributed by atoms with Crippen LogP contribution < -0.4 is 4.74 Å². The average molecular weight is 358 g/mol. The normalized spacial score (nSPS) is 10.6. The molecule has 0 aliphatic rings. The van der Waals surface area contributed by atoms with E-state index in [1.165, 1.54) is 4.57 Å². The smallest absolute Gasteiger partial charge is 0.269 e. The molecule has 3 aromatic rings. The molecule has 0 spiro atoms. The summed E-state index contributed by atoms with van der Waals surface area (Å²) in [5.74, 6) is 0.385. The summed E-state index contributed by atoms with van der Waals surface area (Å²) in [6.45, 7) is -0.0986. The highest BCUT2D eigenvalue weighted by atomic mass is 79.9. The highest BCUT2D eigenvalue weighted by molar-refractivity contribution is 9.10. The van der Waals surface area contributed by atoms with Crippen LogP contribution in [0.4, 0.5) is 0 Å². The molecule has 0 amide bonds. The molecule has 0 saturated heterocycles. The van der Waals surface area contributed by atoms with Crippen molar-refractivity contribution in [3.05, 3.63) is 64.8 Å². The van der Waals surface area contributed by atoms with Crippen LogP contribution in [-0.4, -0.2) is 23.4 Å². The van der Waals surface area contributed by atoms with Gasteiger partial charge in [-0.3, -0.25) is 14.2 Å². The van der Waals surface area contributed by atoms with Gasteiger partial charge in [0.2, 0.25) is 0 Å². The largest absolute Gasteiger partial charge is 0.484 e. The van der Waals surface area contributed by atoms with E-state index in [9.17, 15) is 9.59 Å². The molecule has 0 bridgehead atoms. The van der Waals surface area contributed by atoms with E-state index in [4.69, 9.17) is 4.74 Å². The third-order valence-corrected chi connectivity index (χ3v) is 3.84. The van der Waals surface area contributed by atoms with Crippen LogP contribution in [-0.2, 0) is 0 Å². The maximum atomic E-state index is 12.3. The number of aromatic nitrogens is 1. The highest BCUT2D eigenvalue weighted by Gasteiger charge is 2.13. The van der Waals surface area contributed by atoms with Gasteiger partial charge < -0.3 is 4.74 Å². The number of rotatable bonds is 4. The average Bonchev–Trinajstić information content (AvgIpc) is 2.93. The Hall–Kier alpha value is -2.40. The number of para-hydroxylation sites is 1. The van der Waals surface area contributed by atoms with E-state index in [2.05, 4.69) is 15.9 Å². The lowest BCUT2D eigenvalue weighted by molar-refractivity contribution is 0.0843. The van der Waals surface area contributed by atoms with Crippen molar-refractivity contribution in [1.82, 2.24) is 4.57 Å². The molecule has 110 valence electrons. The van der Waals surface area contributed by atoms with E-state index in [-0.39, 0.29) is 12.5 Å². The monoisotopic (exact) mass is 357 g/mol. The topological polar surface area (TPSA) is 48.3 Å². The molecule has 0 saturated carbocycles. The molecule has 0 N–H and O–H groups in total. The Bertz CT molecular complexity index is 837. The predicted octanol–water partition coefficient (Wildman–Crippen LogP) is 3.94. The second-order valence-electron chi connectivity index (χ2n) is 4.73. The van der Waals surface area contributed by atoms with Gasteiger partial charge in [0.1, 0.15) is 5.75 Å². The third kappa shape index (κ3) is 2.80. The first-order valence-corrected chi connectivity index (χ1v) is 7.45. The van der Waals surface area contributed by atoms with Crippen LogP contribution >= 0.6 is 15.9 Å². The number of carbonyl (C=O) groups is 2. The van der Waals surface area contributed by atoms with Gasteiger partial charge in [-0.2, -0.15) is 0 Å². The van der Waals surface area contributed by atoms with Gasteiger partial charge in [-0.1, -0.05) is 34.1 Å². The highest BCUT2D eigenvalue weighted by Crippen LogP contribution is 2.20. The molecule has 1 heterocycles. The number of nitrogens with zero attached hydrogens (tertiary/aromatic N) is 1. The van der Waals surface area contributed by atoms with E-state index in [1.807, 2.05) is 30.3 Å². The number of benzene rings is 2. The molecule has 0 aliphatic heterocycles. The molecule has 0 radical (unpaired) electrons. The minimum Gasteiger partial charge on any atom is -0.484 e. The standard InChI is InChI=1S/C17H12BrNO3/c18-13-5-7-14(8-6-13)22-11-17(21)19-9-12(10-20)15-3-1-2-4-16(15)19/h1-10H,11H2. The van der Waals surface area contributed by atoms with Crippen molar-refractivity contribution in [3.63, 3.8) is 0 Å². The lowest BCUT2D eigenvalue weighted by Gasteiger charge is -2.07. The molecule has 1 aromatic heterocycles. The summed E-state index contributed by atoms with van der Waals surface area (Å²) >= 11 is 3.34. The van der Waals surface area contributed by atoms with Crippen LogP contribution in [0.15, 0.2) is 59.2 Å². The second-order valence-corrected chi connectivity index (χ2v) is 5.64. The van der Waals surface area contributed by atoms with E-state index in [0.29, 0.717) is 16.8 Å². The molecule has 0 unspecified atom stereocenters. The van der Waals surface area contributed by atoms with E-state index >= 15 is 0 Å². The predicted molar refractivity (Wildman–Crippen MR) is 87.6 cm³/mol. The van der Waals surface area contributed by atoms with Gasteiger partial charge in [-0.05, 0) is 30.3 Å². The van der Waals surface area contributed by atoms with Gasteiger partial charge >= 0.3 is 0 Å². The summed E-state index contributed by atoms with van der Waals surface area (Å²) in [5, 5.41) is 0.759. The molecule has 4 nitrogen and oxygen atoms in total. The lowest BCUT2D eigenvalue weighted by Crippen LogP contribution is -2.18. The summed E-state index contributed by atoms with van der Waals surface area (Å²) in [7, 11) is 0. The van der Waals surface area contributed by atoms with Crippen molar-refractivity contribution in [1.29, 1.82) is 0 Å². The Morgan fingerprint density at radius 1 is 1.14 bits per heavy atom. The molecule has 0 fully saturated rings. The van der Waals surface area contributed by atoms with Crippen LogP contribution in [0.3, 0.4) is 0 Å². The fourth-order valence-electron chi connectivity index (χ4n) is 2.25. The Kier molecular flexibility index (Phi) is 4.06. The summed E-state index contributed by atoms with van der Waals surface area (Å²) in [5.41, 5.74) is 1.20. The van der Waals surface area contributed by atoms with Gasteiger partial charge in [0, 0.05) is 21.6 Å². The third-order valence-electron chi connectivity index (χ3n) is 3.31.